The zero-order valence-electron chi connectivity index (χ0n) is 13.0. The van der Waals surface area contributed by atoms with Gasteiger partial charge in [-0.3, -0.25) is 9.59 Å². The fourth-order valence-corrected chi connectivity index (χ4v) is 2.81. The third-order valence-corrected chi connectivity index (χ3v) is 4.22. The Labute approximate surface area is 138 Å². The fraction of sp³-hybridized carbons (Fsp3) is 0.529. The van der Waals surface area contributed by atoms with Crippen molar-refractivity contribution in [1.82, 2.24) is 4.90 Å². The molecule has 22 heavy (non-hydrogen) atoms. The van der Waals surface area contributed by atoms with E-state index >= 15 is 0 Å². The van der Waals surface area contributed by atoms with Crippen LogP contribution in [0.3, 0.4) is 0 Å². The molecular formula is C17H25ClN2O2. The first-order valence-corrected chi connectivity index (χ1v) is 7.69. The molecule has 5 heteroatoms. The van der Waals surface area contributed by atoms with E-state index in [-0.39, 0.29) is 36.6 Å². The van der Waals surface area contributed by atoms with Crippen LogP contribution in [0.15, 0.2) is 30.3 Å². The number of carbonyl (C=O) groups excluding carboxylic acids is 2. The quantitative estimate of drug-likeness (QED) is 0.847. The van der Waals surface area contributed by atoms with Crippen molar-refractivity contribution in [2.45, 2.75) is 38.6 Å². The largest absolute Gasteiger partial charge is 0.342 e. The molecule has 1 amide bonds. The van der Waals surface area contributed by atoms with Crippen LogP contribution in [-0.4, -0.2) is 35.7 Å². The van der Waals surface area contributed by atoms with Crippen LogP contribution in [-0.2, 0) is 4.79 Å². The third kappa shape index (κ3) is 5.11. The van der Waals surface area contributed by atoms with Gasteiger partial charge < -0.3 is 10.6 Å². The van der Waals surface area contributed by atoms with E-state index in [2.05, 4.69) is 0 Å². The molecule has 1 saturated heterocycles. The Morgan fingerprint density at radius 2 is 1.95 bits per heavy atom. The molecule has 2 atom stereocenters. The topological polar surface area (TPSA) is 63.4 Å². The zero-order chi connectivity index (χ0) is 15.2. The van der Waals surface area contributed by atoms with Crippen LogP contribution in [0.2, 0.25) is 0 Å². The van der Waals surface area contributed by atoms with Crippen LogP contribution in [0.25, 0.3) is 0 Å². The second-order valence-electron chi connectivity index (χ2n) is 5.89. The standard InChI is InChI=1S/C17H24N2O2.ClH/c1-13(18)15-8-5-11-19(12-15)17(21)10-9-16(20)14-6-3-2-4-7-14;/h2-4,6-7,13,15H,5,8-12,18H2,1H3;1H. The van der Waals surface area contributed by atoms with E-state index < -0.39 is 0 Å². The summed E-state index contributed by atoms with van der Waals surface area (Å²) >= 11 is 0. The van der Waals surface area contributed by atoms with Crippen LogP contribution in [0, 0.1) is 5.92 Å². The molecule has 122 valence electrons. The third-order valence-electron chi connectivity index (χ3n) is 4.22. The monoisotopic (exact) mass is 324 g/mol. The molecule has 0 spiro atoms. The highest BCUT2D eigenvalue weighted by atomic mass is 35.5. The number of nitrogens with zero attached hydrogens (tertiary/aromatic N) is 1. The number of carbonyl (C=O) groups is 2. The Morgan fingerprint density at radius 3 is 2.59 bits per heavy atom. The second-order valence-corrected chi connectivity index (χ2v) is 5.89. The smallest absolute Gasteiger partial charge is 0.223 e. The summed E-state index contributed by atoms with van der Waals surface area (Å²) in [7, 11) is 0. The minimum atomic E-state index is 0. The van der Waals surface area contributed by atoms with Gasteiger partial charge in [0, 0.05) is 37.5 Å². The van der Waals surface area contributed by atoms with Gasteiger partial charge in [0.05, 0.1) is 0 Å². The first-order valence-electron chi connectivity index (χ1n) is 7.69. The van der Waals surface area contributed by atoms with Crippen LogP contribution in [0.1, 0.15) is 43.0 Å². The first kappa shape index (κ1) is 18.7. The molecule has 1 heterocycles. The number of hydrogen-bond acceptors (Lipinski definition) is 3. The predicted molar refractivity (Wildman–Crippen MR) is 90.2 cm³/mol. The SMILES string of the molecule is CC(N)C1CCCN(C(=O)CCC(=O)c2ccccc2)C1.Cl. The molecule has 0 saturated carbocycles. The summed E-state index contributed by atoms with van der Waals surface area (Å²) in [5, 5.41) is 0. The van der Waals surface area contributed by atoms with Crippen LogP contribution < -0.4 is 5.73 Å². The zero-order valence-corrected chi connectivity index (χ0v) is 13.8. The molecular weight excluding hydrogens is 300 g/mol. The van der Waals surface area contributed by atoms with Crippen molar-refractivity contribution < 1.29 is 9.59 Å². The predicted octanol–water partition coefficient (Wildman–Crippen LogP) is 2.66. The molecule has 2 N–H and O–H groups in total. The molecule has 2 unspecified atom stereocenters. The van der Waals surface area contributed by atoms with Crippen molar-refractivity contribution in [3.8, 4) is 0 Å². The van der Waals surface area contributed by atoms with Gasteiger partial charge in [0.15, 0.2) is 5.78 Å². The van der Waals surface area contributed by atoms with E-state index in [1.807, 2.05) is 30.0 Å². The summed E-state index contributed by atoms with van der Waals surface area (Å²) in [5.74, 6) is 0.488. The van der Waals surface area contributed by atoms with Crippen molar-refractivity contribution in [2.75, 3.05) is 13.1 Å². The number of hydrogen-bond donors (Lipinski definition) is 1. The lowest BCUT2D eigenvalue weighted by Crippen LogP contribution is -2.45. The van der Waals surface area contributed by atoms with E-state index in [1.165, 1.54) is 0 Å². The van der Waals surface area contributed by atoms with Crippen molar-refractivity contribution in [2.24, 2.45) is 11.7 Å². The molecule has 1 fully saturated rings. The minimum absolute atomic E-state index is 0. The van der Waals surface area contributed by atoms with Gasteiger partial charge >= 0.3 is 0 Å². The number of Topliss-reactive ketones (excluding diaryl/α,β-unsaturated/α-hetero) is 1. The Bertz CT molecular complexity index is 491. The highest BCUT2D eigenvalue weighted by Gasteiger charge is 2.25. The summed E-state index contributed by atoms with van der Waals surface area (Å²) < 4.78 is 0. The molecule has 0 aliphatic carbocycles. The maximum absolute atomic E-state index is 12.2. The van der Waals surface area contributed by atoms with E-state index in [0.717, 1.165) is 25.9 Å². The van der Waals surface area contributed by atoms with Gasteiger partial charge in [0.25, 0.3) is 0 Å². The van der Waals surface area contributed by atoms with Gasteiger partial charge in [-0.1, -0.05) is 30.3 Å². The lowest BCUT2D eigenvalue weighted by molar-refractivity contribution is -0.133. The lowest BCUT2D eigenvalue weighted by atomic mass is 9.92. The molecule has 0 bridgehead atoms. The number of likely N-dealkylation sites (tertiary alicyclic amines) is 1. The number of ketones is 1. The number of rotatable bonds is 5. The van der Waals surface area contributed by atoms with E-state index in [0.29, 0.717) is 17.9 Å². The normalized spacial score (nSPS) is 19.2. The molecule has 0 radical (unpaired) electrons. The summed E-state index contributed by atoms with van der Waals surface area (Å²) in [4.78, 5) is 26.1. The minimum Gasteiger partial charge on any atom is -0.342 e. The van der Waals surface area contributed by atoms with Gasteiger partial charge in [-0.25, -0.2) is 0 Å². The van der Waals surface area contributed by atoms with Crippen LogP contribution in [0.5, 0.6) is 0 Å². The molecule has 4 nitrogen and oxygen atoms in total. The fourth-order valence-electron chi connectivity index (χ4n) is 2.81. The Morgan fingerprint density at radius 1 is 1.27 bits per heavy atom. The van der Waals surface area contributed by atoms with Crippen molar-refractivity contribution in [1.29, 1.82) is 0 Å². The molecule has 1 aromatic carbocycles. The Balaban J connectivity index is 0.00000242. The van der Waals surface area contributed by atoms with E-state index in [1.54, 1.807) is 12.1 Å². The summed E-state index contributed by atoms with van der Waals surface area (Å²) in [5.41, 5.74) is 6.61. The number of halogens is 1. The number of piperidine rings is 1. The van der Waals surface area contributed by atoms with Gasteiger partial charge in [-0.15, -0.1) is 12.4 Å². The number of benzene rings is 1. The molecule has 1 aromatic rings. The maximum atomic E-state index is 12.2. The molecule has 0 aromatic heterocycles. The van der Waals surface area contributed by atoms with Crippen molar-refractivity contribution in [3.63, 3.8) is 0 Å². The lowest BCUT2D eigenvalue weighted by Gasteiger charge is -2.34. The summed E-state index contributed by atoms with van der Waals surface area (Å²) in [6.07, 6.45) is 2.66. The van der Waals surface area contributed by atoms with Crippen LogP contribution in [0.4, 0.5) is 0 Å². The van der Waals surface area contributed by atoms with Gasteiger partial charge in [0.2, 0.25) is 5.91 Å². The molecule has 2 rings (SSSR count). The molecule has 1 aliphatic rings. The highest BCUT2D eigenvalue weighted by Crippen LogP contribution is 2.19. The Hall–Kier alpha value is -1.39. The average Bonchev–Trinajstić information content (AvgIpc) is 2.53. The number of amides is 1. The van der Waals surface area contributed by atoms with Gasteiger partial charge in [-0.2, -0.15) is 0 Å². The Kier molecular flexibility index (Phi) is 7.56. The summed E-state index contributed by atoms with van der Waals surface area (Å²) in [6, 6.07) is 9.26. The number of nitrogens with two attached hydrogens (primary N) is 1. The van der Waals surface area contributed by atoms with E-state index in [4.69, 9.17) is 5.73 Å². The summed E-state index contributed by atoms with van der Waals surface area (Å²) in [6.45, 7) is 3.52. The van der Waals surface area contributed by atoms with E-state index in [9.17, 15) is 9.59 Å². The average molecular weight is 325 g/mol. The van der Waals surface area contributed by atoms with Crippen LogP contribution >= 0.6 is 12.4 Å². The van der Waals surface area contributed by atoms with Crippen molar-refractivity contribution >= 4 is 24.1 Å². The first-order chi connectivity index (χ1) is 10.1. The second kappa shape index (κ2) is 8.91. The van der Waals surface area contributed by atoms with Gasteiger partial charge in [0.1, 0.15) is 0 Å². The van der Waals surface area contributed by atoms with Crippen molar-refractivity contribution in [3.05, 3.63) is 35.9 Å². The molecule has 1 aliphatic heterocycles. The van der Waals surface area contributed by atoms with Gasteiger partial charge in [-0.05, 0) is 25.7 Å². The highest BCUT2D eigenvalue weighted by molar-refractivity contribution is 5.97. The maximum Gasteiger partial charge on any atom is 0.223 e.